The largest absolute Gasteiger partial charge is 0.493 e. The number of rotatable bonds is 8. The summed E-state index contributed by atoms with van der Waals surface area (Å²) in [5.74, 6) is 1.35. The highest BCUT2D eigenvalue weighted by Crippen LogP contribution is 2.57. The number of ether oxygens (including phenoxy) is 1. The standard InChI is InChI=1S/C35H40Cl2N2O3/c1-22(21-42-31-12-17-38-30-11-3-6-23(2)32(30)31)18-24-19-27-28(9-5-10-29(27)37)34(24)13-15-35(16-14-34,33(40)41)39-26-8-4-7-25(36)20-26/h4-5,7-10,12,17,20,22-24,39H,3,6,11,13-16,18-19,21H2,1-2H3,(H,40,41)/t22-,23-,24?,34?,35?/m1/s1. The first-order valence-corrected chi connectivity index (χ1v) is 16.1. The van der Waals surface area contributed by atoms with Crippen LogP contribution in [0.25, 0.3) is 0 Å². The molecule has 0 amide bonds. The minimum absolute atomic E-state index is 0.103. The minimum Gasteiger partial charge on any atom is -0.493 e. The van der Waals surface area contributed by atoms with Crippen LogP contribution in [0.2, 0.25) is 10.0 Å². The Bertz CT molecular complexity index is 1470. The molecule has 1 fully saturated rings. The molecule has 0 bridgehead atoms. The zero-order valence-corrected chi connectivity index (χ0v) is 26.0. The Hall–Kier alpha value is -2.76. The van der Waals surface area contributed by atoms with Gasteiger partial charge in [-0.3, -0.25) is 4.98 Å². The number of hydrogen-bond donors (Lipinski definition) is 2. The van der Waals surface area contributed by atoms with Crippen LogP contribution in [-0.4, -0.2) is 28.2 Å². The van der Waals surface area contributed by atoms with Crippen molar-refractivity contribution in [3.8, 4) is 5.75 Å². The Morgan fingerprint density at radius 1 is 1.14 bits per heavy atom. The zero-order valence-electron chi connectivity index (χ0n) is 24.5. The highest BCUT2D eigenvalue weighted by Gasteiger charge is 2.54. The number of halogens is 2. The van der Waals surface area contributed by atoms with Gasteiger partial charge in [-0.2, -0.15) is 0 Å². The molecular formula is C35H40Cl2N2O3. The van der Waals surface area contributed by atoms with E-state index in [2.05, 4.69) is 36.3 Å². The summed E-state index contributed by atoms with van der Waals surface area (Å²) in [6.07, 6.45) is 9.83. The fraction of sp³-hybridized carbons (Fsp3) is 0.486. The molecule has 1 aromatic heterocycles. The average molecular weight is 608 g/mol. The summed E-state index contributed by atoms with van der Waals surface area (Å²) in [6, 6.07) is 15.6. The van der Waals surface area contributed by atoms with E-state index in [4.69, 9.17) is 27.9 Å². The lowest BCUT2D eigenvalue weighted by Gasteiger charge is -2.47. The molecule has 3 aromatic rings. The van der Waals surface area contributed by atoms with E-state index in [9.17, 15) is 9.90 Å². The first kappa shape index (κ1) is 29.3. The molecule has 0 radical (unpaired) electrons. The molecule has 1 saturated carbocycles. The van der Waals surface area contributed by atoms with Gasteiger partial charge in [0.15, 0.2) is 0 Å². The third-order valence-corrected chi connectivity index (χ3v) is 10.9. The number of carboxylic acids is 1. The predicted molar refractivity (Wildman–Crippen MR) is 169 cm³/mol. The van der Waals surface area contributed by atoms with Gasteiger partial charge in [0.05, 0.1) is 6.61 Å². The average Bonchev–Trinajstić information content (AvgIpc) is 3.26. The van der Waals surface area contributed by atoms with Gasteiger partial charge in [0.25, 0.3) is 0 Å². The van der Waals surface area contributed by atoms with Crippen molar-refractivity contribution in [2.45, 2.75) is 88.5 Å². The normalized spacial score (nSPS) is 27.2. The number of nitrogens with zero attached hydrogens (tertiary/aromatic N) is 1. The Morgan fingerprint density at radius 2 is 1.93 bits per heavy atom. The third kappa shape index (κ3) is 5.39. The number of nitrogens with one attached hydrogen (secondary N) is 1. The molecule has 42 heavy (non-hydrogen) atoms. The number of benzene rings is 2. The van der Waals surface area contributed by atoms with Gasteiger partial charge < -0.3 is 15.2 Å². The summed E-state index contributed by atoms with van der Waals surface area (Å²) < 4.78 is 6.50. The van der Waals surface area contributed by atoms with Crippen molar-refractivity contribution >= 4 is 34.9 Å². The van der Waals surface area contributed by atoms with Gasteiger partial charge in [-0.25, -0.2) is 4.79 Å². The molecule has 3 atom stereocenters. The molecule has 7 heteroatoms. The van der Waals surface area contributed by atoms with E-state index in [0.29, 0.717) is 42.2 Å². The molecule has 5 nitrogen and oxygen atoms in total. The zero-order chi connectivity index (χ0) is 29.5. The van der Waals surface area contributed by atoms with Crippen molar-refractivity contribution in [2.75, 3.05) is 11.9 Å². The summed E-state index contributed by atoms with van der Waals surface area (Å²) in [7, 11) is 0. The molecule has 2 N–H and O–H groups in total. The Balaban J connectivity index is 1.21. The predicted octanol–water partition coefficient (Wildman–Crippen LogP) is 8.85. The second kappa shape index (κ2) is 11.7. The Labute approximate surface area is 259 Å². The fourth-order valence-corrected chi connectivity index (χ4v) is 8.54. The first-order valence-electron chi connectivity index (χ1n) is 15.4. The quantitative estimate of drug-likeness (QED) is 0.268. The van der Waals surface area contributed by atoms with Crippen LogP contribution in [0.3, 0.4) is 0 Å². The van der Waals surface area contributed by atoms with Gasteiger partial charge in [0, 0.05) is 33.2 Å². The maximum atomic E-state index is 12.7. The molecule has 6 rings (SSSR count). The molecule has 3 aliphatic carbocycles. The van der Waals surface area contributed by atoms with E-state index in [1.807, 2.05) is 30.5 Å². The van der Waals surface area contributed by atoms with E-state index in [0.717, 1.165) is 48.6 Å². The van der Waals surface area contributed by atoms with E-state index < -0.39 is 11.5 Å². The highest BCUT2D eigenvalue weighted by atomic mass is 35.5. The number of aliphatic carboxylic acids is 1. The van der Waals surface area contributed by atoms with Crippen LogP contribution in [0.1, 0.15) is 87.1 Å². The van der Waals surface area contributed by atoms with Crippen LogP contribution in [0.15, 0.2) is 54.7 Å². The number of anilines is 1. The molecule has 3 aliphatic rings. The summed E-state index contributed by atoms with van der Waals surface area (Å²) in [4.78, 5) is 17.4. The van der Waals surface area contributed by atoms with Crippen LogP contribution in [0, 0.1) is 11.8 Å². The van der Waals surface area contributed by atoms with Gasteiger partial charge in [-0.15, -0.1) is 0 Å². The maximum Gasteiger partial charge on any atom is 0.329 e. The third-order valence-electron chi connectivity index (χ3n) is 10.3. The number of pyridine rings is 1. The van der Waals surface area contributed by atoms with Crippen molar-refractivity contribution < 1.29 is 14.6 Å². The van der Waals surface area contributed by atoms with Crippen molar-refractivity contribution in [1.29, 1.82) is 0 Å². The van der Waals surface area contributed by atoms with Gasteiger partial charge in [0.2, 0.25) is 0 Å². The summed E-state index contributed by atoms with van der Waals surface area (Å²) >= 11 is 13.0. The number of aromatic nitrogens is 1. The summed E-state index contributed by atoms with van der Waals surface area (Å²) in [6.45, 7) is 5.20. The lowest BCUT2D eigenvalue weighted by Crippen LogP contribution is -2.53. The monoisotopic (exact) mass is 606 g/mol. The number of carbonyl (C=O) groups is 1. The minimum atomic E-state index is -1.03. The van der Waals surface area contributed by atoms with Crippen LogP contribution >= 0.6 is 23.2 Å². The van der Waals surface area contributed by atoms with E-state index in [-0.39, 0.29) is 5.41 Å². The highest BCUT2D eigenvalue weighted by molar-refractivity contribution is 6.31. The topological polar surface area (TPSA) is 71.5 Å². The molecule has 1 heterocycles. The van der Waals surface area contributed by atoms with Crippen LogP contribution < -0.4 is 10.1 Å². The number of fused-ring (bicyclic) bond motifs is 3. The second-order valence-electron chi connectivity index (χ2n) is 13.0. The lowest BCUT2D eigenvalue weighted by molar-refractivity contribution is -0.144. The number of carboxylic acid groups (broad SMARTS) is 1. The van der Waals surface area contributed by atoms with Crippen LogP contribution in [-0.2, 0) is 23.1 Å². The maximum absolute atomic E-state index is 12.7. The molecular weight excluding hydrogens is 567 g/mol. The number of aryl methyl sites for hydroxylation is 1. The Morgan fingerprint density at radius 3 is 2.69 bits per heavy atom. The van der Waals surface area contributed by atoms with Crippen molar-refractivity contribution in [1.82, 2.24) is 4.98 Å². The number of hydrogen-bond acceptors (Lipinski definition) is 4. The first-order chi connectivity index (χ1) is 20.2. The van der Waals surface area contributed by atoms with Crippen molar-refractivity contribution in [2.24, 2.45) is 11.8 Å². The van der Waals surface area contributed by atoms with E-state index in [1.165, 1.54) is 35.2 Å². The molecule has 222 valence electrons. The van der Waals surface area contributed by atoms with Crippen LogP contribution in [0.5, 0.6) is 5.75 Å². The molecule has 0 saturated heterocycles. The summed E-state index contributed by atoms with van der Waals surface area (Å²) in [5, 5.41) is 15.2. The van der Waals surface area contributed by atoms with Gasteiger partial charge in [-0.1, -0.05) is 55.2 Å². The van der Waals surface area contributed by atoms with Gasteiger partial charge >= 0.3 is 5.97 Å². The Kier molecular flexibility index (Phi) is 8.19. The second-order valence-corrected chi connectivity index (χ2v) is 13.8. The lowest BCUT2D eigenvalue weighted by atomic mass is 9.59. The SMILES string of the molecule is C[C@@H](COc1ccnc2c1[C@H](C)CCC2)CC1Cc2c(Cl)cccc2C12CCC(Nc1cccc(Cl)c1)(C(=O)O)CC2. The van der Waals surface area contributed by atoms with E-state index >= 15 is 0 Å². The summed E-state index contributed by atoms with van der Waals surface area (Å²) in [5.41, 5.74) is 4.63. The van der Waals surface area contributed by atoms with Crippen molar-refractivity contribution in [3.05, 3.63) is 87.2 Å². The molecule has 0 aliphatic heterocycles. The van der Waals surface area contributed by atoms with Gasteiger partial charge in [0.1, 0.15) is 11.3 Å². The molecule has 1 spiro atoms. The molecule has 1 unspecified atom stereocenters. The van der Waals surface area contributed by atoms with E-state index in [1.54, 1.807) is 12.1 Å². The van der Waals surface area contributed by atoms with Crippen LogP contribution in [0.4, 0.5) is 5.69 Å². The van der Waals surface area contributed by atoms with Crippen molar-refractivity contribution in [3.63, 3.8) is 0 Å². The smallest absolute Gasteiger partial charge is 0.329 e. The van der Waals surface area contributed by atoms with Gasteiger partial charge in [-0.05, 0) is 122 Å². The molecule has 2 aromatic carbocycles. The fourth-order valence-electron chi connectivity index (χ4n) is 8.09.